The molecule has 0 amide bonds. The zero-order valence-electron chi connectivity index (χ0n) is 27.5. The van der Waals surface area contributed by atoms with Crippen molar-refractivity contribution in [1.29, 1.82) is 0 Å². The van der Waals surface area contributed by atoms with E-state index in [0.717, 1.165) is 21.5 Å². The molecule has 0 N–H and O–H groups in total. The van der Waals surface area contributed by atoms with Crippen LogP contribution < -0.4 is 20.4 Å². The van der Waals surface area contributed by atoms with Crippen molar-refractivity contribution in [3.05, 3.63) is 168 Å². The number of carboxylic acids is 4. The van der Waals surface area contributed by atoms with Gasteiger partial charge in [0.15, 0.2) is 0 Å². The molecule has 8 rings (SSSR count). The van der Waals surface area contributed by atoms with Crippen molar-refractivity contribution in [3.63, 3.8) is 0 Å². The summed E-state index contributed by atoms with van der Waals surface area (Å²) in [6, 6.07) is 42.0. The molecule has 0 saturated carbocycles. The van der Waals surface area contributed by atoms with Crippen molar-refractivity contribution in [2.45, 2.75) is 0 Å². The van der Waals surface area contributed by atoms with Crippen LogP contribution in [0.5, 0.6) is 0 Å². The Morgan fingerprint density at radius 1 is 0.296 bits per heavy atom. The number of benzene rings is 4. The van der Waals surface area contributed by atoms with Crippen LogP contribution in [0.4, 0.5) is 0 Å². The van der Waals surface area contributed by atoms with Crippen LogP contribution in [0, 0.1) is 0 Å². The molecule has 0 fully saturated rings. The molecule has 4 heterocycles. The maximum Gasteiger partial charge on any atom is 2.00 e. The number of aromatic carboxylic acids is 4. The van der Waals surface area contributed by atoms with Crippen molar-refractivity contribution in [2.75, 3.05) is 0 Å². The van der Waals surface area contributed by atoms with E-state index in [1.165, 1.54) is 24.3 Å². The summed E-state index contributed by atoms with van der Waals surface area (Å²) in [7, 11) is 0. The van der Waals surface area contributed by atoms with Gasteiger partial charge in [-0.1, -0.05) is 97.1 Å². The number of fused-ring (bicyclic) bond motifs is 4. The smallest absolute Gasteiger partial charge is 0.543 e. The number of carbonyl (C=O) groups excluding carboxylic acids is 4. The van der Waals surface area contributed by atoms with Crippen LogP contribution in [0.25, 0.3) is 43.6 Å². The van der Waals surface area contributed by atoms with Crippen LogP contribution in [-0.4, -0.2) is 43.8 Å². The number of para-hydroxylation sites is 4. The van der Waals surface area contributed by atoms with Gasteiger partial charge < -0.3 is 39.6 Å². The average Bonchev–Trinajstić information content (AvgIpc) is 3.17. The van der Waals surface area contributed by atoms with E-state index in [9.17, 15) is 39.6 Å². The SMILES string of the molecule is O=C([O-])c1ccc2ccccc2n1.O=C([O-])c1ccc2ccccc2n1.O=C([O-])c1ccc2ccccc2n1.O=C([O-])c1ccc2ccccc2n1.[Cu+2].[Cu+2]. The quantitative estimate of drug-likeness (QED) is 0.235. The summed E-state index contributed by atoms with van der Waals surface area (Å²) >= 11 is 0. The number of nitrogens with zero attached hydrogens (tertiary/aromatic N) is 4. The van der Waals surface area contributed by atoms with Gasteiger partial charge in [-0.3, -0.25) is 0 Å². The molecule has 4 aromatic carbocycles. The molecule has 0 spiro atoms. The Hall–Kier alpha value is -6.56. The maximum absolute atomic E-state index is 10.5. The monoisotopic (exact) mass is 814 g/mol. The molecular formula is C40H24Cu2N4O8. The first kappa shape index (κ1) is 41.9. The molecule has 0 aliphatic carbocycles. The zero-order chi connectivity index (χ0) is 37.0. The Morgan fingerprint density at radius 3 is 0.667 bits per heavy atom. The number of aromatic nitrogens is 4. The minimum Gasteiger partial charge on any atom is -0.543 e. The van der Waals surface area contributed by atoms with Gasteiger partial charge >= 0.3 is 34.1 Å². The molecule has 0 saturated heterocycles. The van der Waals surface area contributed by atoms with Crippen molar-refractivity contribution >= 4 is 67.5 Å². The van der Waals surface area contributed by atoms with Gasteiger partial charge in [0, 0.05) is 21.5 Å². The van der Waals surface area contributed by atoms with E-state index in [0.29, 0.717) is 22.1 Å². The third kappa shape index (κ3) is 11.2. The second-order valence-corrected chi connectivity index (χ2v) is 10.7. The number of hydrogen-bond donors (Lipinski definition) is 0. The van der Waals surface area contributed by atoms with E-state index >= 15 is 0 Å². The third-order valence-corrected chi connectivity index (χ3v) is 7.23. The average molecular weight is 816 g/mol. The first-order valence-corrected chi connectivity index (χ1v) is 15.4. The van der Waals surface area contributed by atoms with Crippen LogP contribution in [-0.2, 0) is 34.1 Å². The van der Waals surface area contributed by atoms with E-state index in [4.69, 9.17) is 0 Å². The summed E-state index contributed by atoms with van der Waals surface area (Å²) in [5, 5.41) is 45.6. The number of carbonyl (C=O) groups is 4. The summed E-state index contributed by atoms with van der Waals surface area (Å²) in [5.41, 5.74) is 2.57. The Bertz CT molecular complexity index is 2230. The van der Waals surface area contributed by atoms with Crippen LogP contribution in [0.2, 0.25) is 0 Å². The summed E-state index contributed by atoms with van der Waals surface area (Å²) in [5.74, 6) is -4.98. The molecule has 2 radical (unpaired) electrons. The van der Waals surface area contributed by atoms with Crippen molar-refractivity contribution in [3.8, 4) is 0 Å². The molecule has 0 aliphatic heterocycles. The predicted octanol–water partition coefficient (Wildman–Crippen LogP) is 2.39. The van der Waals surface area contributed by atoms with Crippen LogP contribution in [0.15, 0.2) is 146 Å². The van der Waals surface area contributed by atoms with Crippen molar-refractivity contribution in [2.24, 2.45) is 0 Å². The van der Waals surface area contributed by atoms with Gasteiger partial charge in [0.25, 0.3) is 0 Å². The Balaban J connectivity index is 0.000000191. The van der Waals surface area contributed by atoms with Gasteiger partial charge in [-0.05, 0) is 48.5 Å². The fourth-order valence-corrected chi connectivity index (χ4v) is 4.72. The third-order valence-electron chi connectivity index (χ3n) is 7.23. The molecule has 4 aromatic heterocycles. The summed E-state index contributed by atoms with van der Waals surface area (Å²) < 4.78 is 0. The second kappa shape index (κ2) is 19.9. The first-order valence-electron chi connectivity index (χ1n) is 15.4. The molecular weight excluding hydrogens is 792 g/mol. The topological polar surface area (TPSA) is 212 Å². The second-order valence-electron chi connectivity index (χ2n) is 10.7. The minimum atomic E-state index is -1.24. The zero-order valence-corrected chi connectivity index (χ0v) is 29.4. The normalized spacial score (nSPS) is 9.78. The minimum absolute atomic E-state index is 0. The van der Waals surface area contributed by atoms with Gasteiger partial charge in [0.05, 0.1) is 68.7 Å². The molecule has 14 heteroatoms. The van der Waals surface area contributed by atoms with E-state index in [-0.39, 0.29) is 56.9 Å². The molecule has 0 atom stereocenters. The maximum atomic E-state index is 10.5. The van der Waals surface area contributed by atoms with Gasteiger partial charge in [0.2, 0.25) is 0 Å². The largest absolute Gasteiger partial charge is 2.00 e. The van der Waals surface area contributed by atoms with Crippen LogP contribution >= 0.6 is 0 Å². The Labute approximate surface area is 328 Å². The van der Waals surface area contributed by atoms with E-state index < -0.39 is 23.9 Å². The molecule has 0 unspecified atom stereocenters. The fourth-order valence-electron chi connectivity index (χ4n) is 4.72. The van der Waals surface area contributed by atoms with Gasteiger partial charge in [-0.25, -0.2) is 19.9 Å². The fraction of sp³-hybridized carbons (Fsp3) is 0. The molecule has 0 aliphatic rings. The number of hydrogen-bond acceptors (Lipinski definition) is 12. The molecule has 274 valence electrons. The van der Waals surface area contributed by atoms with Crippen LogP contribution in [0.3, 0.4) is 0 Å². The molecule has 8 aromatic rings. The molecule has 12 nitrogen and oxygen atoms in total. The number of rotatable bonds is 4. The summed E-state index contributed by atoms with van der Waals surface area (Å²) in [6.07, 6.45) is 0. The van der Waals surface area contributed by atoms with E-state index in [1.807, 2.05) is 72.8 Å². The number of pyridine rings is 4. The molecule has 0 bridgehead atoms. The number of carboxylic acid groups (broad SMARTS) is 4. The standard InChI is InChI=1S/4C10H7NO2.2Cu/c4*12-10(13)9-6-5-7-3-1-2-4-8(7)11-9;;/h4*1-6H,(H,12,13);;/q;;;;2*+2/p-4. The van der Waals surface area contributed by atoms with Gasteiger partial charge in [-0.2, -0.15) is 0 Å². The van der Waals surface area contributed by atoms with E-state index in [1.54, 1.807) is 48.5 Å². The van der Waals surface area contributed by atoms with Crippen LogP contribution in [0.1, 0.15) is 42.0 Å². The van der Waals surface area contributed by atoms with Gasteiger partial charge in [0.1, 0.15) is 0 Å². The Morgan fingerprint density at radius 2 is 0.481 bits per heavy atom. The van der Waals surface area contributed by atoms with Crippen molar-refractivity contribution in [1.82, 2.24) is 19.9 Å². The summed E-state index contributed by atoms with van der Waals surface area (Å²) in [4.78, 5) is 57.5. The van der Waals surface area contributed by atoms with E-state index in [2.05, 4.69) is 19.9 Å². The van der Waals surface area contributed by atoms with Gasteiger partial charge in [-0.15, -0.1) is 0 Å². The Kier molecular flexibility index (Phi) is 15.4. The van der Waals surface area contributed by atoms with Crippen molar-refractivity contribution < 1.29 is 73.7 Å². The predicted molar refractivity (Wildman–Crippen MR) is 184 cm³/mol. The first-order chi connectivity index (χ1) is 25.1. The summed E-state index contributed by atoms with van der Waals surface area (Å²) in [6.45, 7) is 0. The molecule has 54 heavy (non-hydrogen) atoms.